The molecule has 0 aliphatic heterocycles. The molecule has 0 saturated carbocycles. The first-order valence-electron chi connectivity index (χ1n) is 6.00. The van der Waals surface area contributed by atoms with Crippen molar-refractivity contribution in [2.24, 2.45) is 5.73 Å². The van der Waals surface area contributed by atoms with Crippen LogP contribution in [-0.4, -0.2) is 4.98 Å². The molecule has 2 nitrogen and oxygen atoms in total. The lowest BCUT2D eigenvalue weighted by atomic mass is 10.0. The Morgan fingerprint density at radius 3 is 2.28 bits per heavy atom. The summed E-state index contributed by atoms with van der Waals surface area (Å²) in [5, 5.41) is 2.32. The smallest absolute Gasteiger partial charge is 0.0726 e. The lowest BCUT2D eigenvalue weighted by Gasteiger charge is -2.12. The lowest BCUT2D eigenvalue weighted by Crippen LogP contribution is -2.13. The van der Waals surface area contributed by atoms with Crippen LogP contribution in [0.4, 0.5) is 0 Å². The molecule has 1 atom stereocenters. The molecule has 2 heteroatoms. The molecule has 0 bridgehead atoms. The second kappa shape index (κ2) is 4.59. The van der Waals surface area contributed by atoms with Crippen LogP contribution in [0.25, 0.3) is 10.8 Å². The third-order valence-electron chi connectivity index (χ3n) is 3.13. The van der Waals surface area contributed by atoms with Crippen LogP contribution in [0.1, 0.15) is 17.3 Å². The summed E-state index contributed by atoms with van der Waals surface area (Å²) >= 11 is 0. The molecule has 2 aromatic carbocycles. The van der Waals surface area contributed by atoms with Crippen LogP contribution >= 0.6 is 0 Å². The molecule has 0 radical (unpaired) electrons. The van der Waals surface area contributed by atoms with Gasteiger partial charge in [-0.15, -0.1) is 0 Å². The molecule has 3 rings (SSSR count). The van der Waals surface area contributed by atoms with E-state index in [0.717, 1.165) is 16.6 Å². The number of benzene rings is 2. The molecule has 0 aliphatic carbocycles. The Morgan fingerprint density at radius 2 is 1.50 bits per heavy atom. The fourth-order valence-electron chi connectivity index (χ4n) is 2.10. The molecule has 3 aromatic rings. The lowest BCUT2D eigenvalue weighted by molar-refractivity contribution is 0.832. The molecule has 88 valence electrons. The van der Waals surface area contributed by atoms with Crippen molar-refractivity contribution in [3.8, 4) is 0 Å². The third-order valence-corrected chi connectivity index (χ3v) is 3.13. The maximum atomic E-state index is 6.24. The summed E-state index contributed by atoms with van der Waals surface area (Å²) in [6, 6.07) is 20.1. The molecule has 18 heavy (non-hydrogen) atoms. The predicted octanol–water partition coefficient (Wildman–Crippen LogP) is 3.28. The fraction of sp³-hybridized carbons (Fsp3) is 0.0625. The summed E-state index contributed by atoms with van der Waals surface area (Å²) < 4.78 is 0. The topological polar surface area (TPSA) is 38.9 Å². The van der Waals surface area contributed by atoms with Gasteiger partial charge in [-0.3, -0.25) is 4.98 Å². The number of hydrogen-bond acceptors (Lipinski definition) is 2. The van der Waals surface area contributed by atoms with E-state index in [9.17, 15) is 0 Å². The van der Waals surface area contributed by atoms with Crippen molar-refractivity contribution in [2.45, 2.75) is 6.04 Å². The van der Waals surface area contributed by atoms with Crippen molar-refractivity contribution < 1.29 is 0 Å². The molecule has 1 heterocycles. The van der Waals surface area contributed by atoms with Crippen LogP contribution in [0, 0.1) is 0 Å². The highest BCUT2D eigenvalue weighted by Crippen LogP contribution is 2.21. The highest BCUT2D eigenvalue weighted by atomic mass is 14.8. The highest BCUT2D eigenvalue weighted by molar-refractivity contribution is 5.81. The average Bonchev–Trinajstić information content (AvgIpc) is 2.47. The second-order valence-electron chi connectivity index (χ2n) is 4.34. The van der Waals surface area contributed by atoms with Crippen molar-refractivity contribution in [3.63, 3.8) is 0 Å². The number of rotatable bonds is 2. The molecule has 0 fully saturated rings. The number of fused-ring (bicyclic) bond motifs is 1. The van der Waals surface area contributed by atoms with Gasteiger partial charge in [-0.25, -0.2) is 0 Å². The Hall–Kier alpha value is -2.19. The van der Waals surface area contributed by atoms with Crippen LogP contribution in [0.2, 0.25) is 0 Å². The van der Waals surface area contributed by atoms with Gasteiger partial charge in [0.1, 0.15) is 0 Å². The zero-order valence-electron chi connectivity index (χ0n) is 9.95. The third kappa shape index (κ3) is 1.98. The molecule has 0 spiro atoms. The SMILES string of the molecule is N[C@H](c1ccccc1)c1cc2ccccc2cn1. The molecule has 2 N–H and O–H groups in total. The molecule has 0 amide bonds. The Labute approximate surface area is 106 Å². The summed E-state index contributed by atoms with van der Waals surface area (Å²) in [6.45, 7) is 0. The van der Waals surface area contributed by atoms with Crippen LogP contribution in [-0.2, 0) is 0 Å². The summed E-state index contributed by atoms with van der Waals surface area (Å²) in [5.41, 5.74) is 8.23. The summed E-state index contributed by atoms with van der Waals surface area (Å²) in [6.07, 6.45) is 1.88. The Morgan fingerprint density at radius 1 is 0.833 bits per heavy atom. The predicted molar refractivity (Wildman–Crippen MR) is 74.2 cm³/mol. The van der Waals surface area contributed by atoms with Crippen LogP contribution in [0.5, 0.6) is 0 Å². The van der Waals surface area contributed by atoms with Crippen molar-refractivity contribution >= 4 is 10.8 Å². The van der Waals surface area contributed by atoms with Crippen LogP contribution in [0.15, 0.2) is 66.9 Å². The quantitative estimate of drug-likeness (QED) is 0.739. The van der Waals surface area contributed by atoms with Gasteiger partial charge in [-0.2, -0.15) is 0 Å². The minimum atomic E-state index is -0.171. The molecule has 0 unspecified atom stereocenters. The fourth-order valence-corrected chi connectivity index (χ4v) is 2.10. The largest absolute Gasteiger partial charge is 0.319 e. The van der Waals surface area contributed by atoms with E-state index < -0.39 is 0 Å². The molecular formula is C16H14N2. The number of hydrogen-bond donors (Lipinski definition) is 1. The minimum absolute atomic E-state index is 0.171. The summed E-state index contributed by atoms with van der Waals surface area (Å²) in [5.74, 6) is 0. The van der Waals surface area contributed by atoms with Gasteiger partial charge in [0.25, 0.3) is 0 Å². The van der Waals surface area contributed by atoms with Crippen molar-refractivity contribution in [3.05, 3.63) is 78.1 Å². The van der Waals surface area contributed by atoms with Gasteiger partial charge >= 0.3 is 0 Å². The summed E-state index contributed by atoms with van der Waals surface area (Å²) in [7, 11) is 0. The van der Waals surface area contributed by atoms with Crippen molar-refractivity contribution in [2.75, 3.05) is 0 Å². The minimum Gasteiger partial charge on any atom is -0.319 e. The van der Waals surface area contributed by atoms with E-state index in [0.29, 0.717) is 0 Å². The van der Waals surface area contributed by atoms with Gasteiger partial charge in [-0.05, 0) is 17.0 Å². The van der Waals surface area contributed by atoms with E-state index in [4.69, 9.17) is 5.73 Å². The van der Waals surface area contributed by atoms with Crippen LogP contribution < -0.4 is 5.73 Å². The first-order chi connectivity index (χ1) is 8.84. The van der Waals surface area contributed by atoms with Gasteiger partial charge in [0.05, 0.1) is 11.7 Å². The highest BCUT2D eigenvalue weighted by Gasteiger charge is 2.10. The van der Waals surface area contributed by atoms with Gasteiger partial charge in [0.15, 0.2) is 0 Å². The maximum Gasteiger partial charge on any atom is 0.0726 e. The zero-order chi connectivity index (χ0) is 12.4. The Kier molecular flexibility index (Phi) is 2.79. The monoisotopic (exact) mass is 234 g/mol. The van der Waals surface area contributed by atoms with Crippen molar-refractivity contribution in [1.29, 1.82) is 0 Å². The number of nitrogens with zero attached hydrogens (tertiary/aromatic N) is 1. The first-order valence-corrected chi connectivity index (χ1v) is 6.00. The molecule has 0 saturated heterocycles. The molecular weight excluding hydrogens is 220 g/mol. The van der Waals surface area contributed by atoms with Gasteiger partial charge in [0, 0.05) is 11.6 Å². The van der Waals surface area contributed by atoms with Gasteiger partial charge in [-0.1, -0.05) is 54.6 Å². The Bertz CT molecular complexity index is 662. The number of pyridine rings is 1. The zero-order valence-corrected chi connectivity index (χ0v) is 9.95. The van der Waals surface area contributed by atoms with E-state index in [2.05, 4.69) is 23.2 Å². The van der Waals surface area contributed by atoms with E-state index in [1.54, 1.807) is 0 Å². The molecule has 0 aliphatic rings. The van der Waals surface area contributed by atoms with E-state index in [1.165, 1.54) is 5.39 Å². The normalized spacial score (nSPS) is 12.5. The number of aromatic nitrogens is 1. The van der Waals surface area contributed by atoms with E-state index in [1.807, 2.05) is 48.7 Å². The maximum absolute atomic E-state index is 6.24. The molecule has 1 aromatic heterocycles. The van der Waals surface area contributed by atoms with E-state index >= 15 is 0 Å². The number of nitrogens with two attached hydrogens (primary N) is 1. The average molecular weight is 234 g/mol. The van der Waals surface area contributed by atoms with Crippen molar-refractivity contribution in [1.82, 2.24) is 4.98 Å². The standard InChI is InChI=1S/C16H14N2/c17-16(12-6-2-1-3-7-12)15-10-13-8-4-5-9-14(13)11-18-15/h1-11,16H,17H2/t16-/m1/s1. The summed E-state index contributed by atoms with van der Waals surface area (Å²) in [4.78, 5) is 4.46. The van der Waals surface area contributed by atoms with Gasteiger partial charge < -0.3 is 5.73 Å². The first kappa shape index (κ1) is 10.9. The van der Waals surface area contributed by atoms with Gasteiger partial charge in [0.2, 0.25) is 0 Å². The van der Waals surface area contributed by atoms with E-state index in [-0.39, 0.29) is 6.04 Å². The van der Waals surface area contributed by atoms with Crippen LogP contribution in [0.3, 0.4) is 0 Å². The second-order valence-corrected chi connectivity index (χ2v) is 4.34. The Balaban J connectivity index is 2.04.